The number of allylic oxidation sites excluding steroid dienone is 2. The number of aldehydes is 1. The van der Waals surface area contributed by atoms with Crippen molar-refractivity contribution >= 4 is 6.29 Å². The van der Waals surface area contributed by atoms with Crippen molar-refractivity contribution in [3.8, 4) is 0 Å². The molecule has 88 valence electrons. The Hall–Kier alpha value is -0.590. The van der Waals surface area contributed by atoms with E-state index in [-0.39, 0.29) is 0 Å². The Labute approximate surface area is 95.0 Å². The quantitative estimate of drug-likeness (QED) is 0.291. The first kappa shape index (κ1) is 14.4. The third-order valence-electron chi connectivity index (χ3n) is 2.68. The molecule has 0 aromatic heterocycles. The van der Waals surface area contributed by atoms with E-state index < -0.39 is 0 Å². The van der Waals surface area contributed by atoms with Gasteiger partial charge in [0, 0.05) is 0 Å². The van der Waals surface area contributed by atoms with E-state index in [9.17, 15) is 4.79 Å². The number of unbranched alkanes of at least 4 members (excludes halogenated alkanes) is 6. The van der Waals surface area contributed by atoms with Crippen molar-refractivity contribution in [2.45, 2.75) is 71.6 Å². The molecular formula is C14H26O. The summed E-state index contributed by atoms with van der Waals surface area (Å²) in [5.74, 6) is 0. The predicted molar refractivity (Wildman–Crippen MR) is 67.0 cm³/mol. The van der Waals surface area contributed by atoms with Gasteiger partial charge in [-0.3, -0.25) is 4.79 Å². The van der Waals surface area contributed by atoms with Crippen molar-refractivity contribution in [2.24, 2.45) is 0 Å². The first-order valence-electron chi connectivity index (χ1n) is 6.49. The third kappa shape index (κ3) is 9.71. The molecule has 1 heteroatoms. The molecule has 15 heavy (non-hydrogen) atoms. The largest absolute Gasteiger partial charge is 0.298 e. The zero-order valence-corrected chi connectivity index (χ0v) is 10.4. The van der Waals surface area contributed by atoms with Gasteiger partial charge in [-0.05, 0) is 31.3 Å². The topological polar surface area (TPSA) is 17.1 Å². The smallest absolute Gasteiger partial charge is 0.145 e. The fraction of sp³-hybridized carbons (Fsp3) is 0.786. The van der Waals surface area contributed by atoms with E-state index in [0.717, 1.165) is 31.1 Å². The van der Waals surface area contributed by atoms with Crippen LogP contribution in [-0.2, 0) is 4.79 Å². The summed E-state index contributed by atoms with van der Waals surface area (Å²) in [5, 5.41) is 0. The van der Waals surface area contributed by atoms with E-state index in [1.54, 1.807) is 0 Å². The predicted octanol–water partition coefficient (Wildman–Crippen LogP) is 4.66. The maximum atomic E-state index is 10.8. The van der Waals surface area contributed by atoms with E-state index in [2.05, 4.69) is 19.9 Å². The second kappa shape index (κ2) is 11.5. The van der Waals surface area contributed by atoms with Crippen LogP contribution in [0.1, 0.15) is 71.6 Å². The summed E-state index contributed by atoms with van der Waals surface area (Å²) in [4.78, 5) is 10.8. The molecule has 0 heterocycles. The lowest BCUT2D eigenvalue weighted by atomic mass is 10.1. The molecule has 0 saturated carbocycles. The molecule has 0 atom stereocenters. The van der Waals surface area contributed by atoms with Crippen LogP contribution in [-0.4, -0.2) is 6.29 Å². The molecule has 0 N–H and O–H groups in total. The van der Waals surface area contributed by atoms with Crippen molar-refractivity contribution < 1.29 is 4.79 Å². The van der Waals surface area contributed by atoms with Crippen LogP contribution in [0.15, 0.2) is 11.6 Å². The summed E-state index contributed by atoms with van der Waals surface area (Å²) in [6, 6.07) is 0. The highest BCUT2D eigenvalue weighted by atomic mass is 16.1. The maximum Gasteiger partial charge on any atom is 0.145 e. The number of hydrogen-bond donors (Lipinski definition) is 0. The van der Waals surface area contributed by atoms with E-state index in [0.29, 0.717) is 0 Å². The first-order valence-corrected chi connectivity index (χ1v) is 6.49. The Morgan fingerprint density at radius 2 is 1.60 bits per heavy atom. The van der Waals surface area contributed by atoms with E-state index in [4.69, 9.17) is 0 Å². The van der Waals surface area contributed by atoms with Gasteiger partial charge in [0.25, 0.3) is 0 Å². The second-order valence-corrected chi connectivity index (χ2v) is 4.20. The molecule has 0 bridgehead atoms. The van der Waals surface area contributed by atoms with Crippen molar-refractivity contribution in [3.63, 3.8) is 0 Å². The molecule has 0 radical (unpaired) electrons. The minimum atomic E-state index is 0.977. The number of rotatable bonds is 10. The van der Waals surface area contributed by atoms with Gasteiger partial charge in [0.05, 0.1) is 0 Å². The lowest BCUT2D eigenvalue weighted by molar-refractivity contribution is -0.105. The van der Waals surface area contributed by atoms with Crippen molar-refractivity contribution in [1.29, 1.82) is 0 Å². The highest BCUT2D eigenvalue weighted by Gasteiger charge is 1.95. The van der Waals surface area contributed by atoms with Gasteiger partial charge in [-0.2, -0.15) is 0 Å². The average molecular weight is 210 g/mol. The van der Waals surface area contributed by atoms with Crippen LogP contribution in [0.2, 0.25) is 0 Å². The van der Waals surface area contributed by atoms with Crippen molar-refractivity contribution in [2.75, 3.05) is 0 Å². The summed E-state index contributed by atoms with van der Waals surface area (Å²) in [7, 11) is 0. The van der Waals surface area contributed by atoms with Gasteiger partial charge < -0.3 is 0 Å². The van der Waals surface area contributed by atoms with Gasteiger partial charge in [0.2, 0.25) is 0 Å². The normalized spacial score (nSPS) is 11.7. The fourth-order valence-corrected chi connectivity index (χ4v) is 1.65. The Kier molecular flexibility index (Phi) is 11.0. The summed E-state index contributed by atoms with van der Waals surface area (Å²) in [6.45, 7) is 4.41. The van der Waals surface area contributed by atoms with Gasteiger partial charge in [-0.1, -0.05) is 52.0 Å². The SMILES string of the molecule is CCCCCCC=C(C=O)CCCCC. The highest BCUT2D eigenvalue weighted by Crippen LogP contribution is 2.10. The molecule has 0 amide bonds. The molecule has 0 saturated heterocycles. The number of carbonyl (C=O) groups excluding carboxylic acids is 1. The van der Waals surface area contributed by atoms with E-state index >= 15 is 0 Å². The van der Waals surface area contributed by atoms with E-state index in [1.807, 2.05) is 0 Å². The van der Waals surface area contributed by atoms with Crippen molar-refractivity contribution in [3.05, 3.63) is 11.6 Å². The Morgan fingerprint density at radius 3 is 2.20 bits per heavy atom. The summed E-state index contributed by atoms with van der Waals surface area (Å²) >= 11 is 0. The molecule has 0 spiro atoms. The second-order valence-electron chi connectivity index (χ2n) is 4.20. The molecule has 0 unspecified atom stereocenters. The lowest BCUT2D eigenvalue weighted by Crippen LogP contribution is -1.86. The maximum absolute atomic E-state index is 10.8. The first-order chi connectivity index (χ1) is 7.35. The molecule has 0 aromatic carbocycles. The van der Waals surface area contributed by atoms with Crippen molar-refractivity contribution in [1.82, 2.24) is 0 Å². The Balaban J connectivity index is 3.55. The minimum Gasteiger partial charge on any atom is -0.298 e. The van der Waals surface area contributed by atoms with E-state index in [1.165, 1.54) is 38.5 Å². The molecule has 0 aliphatic carbocycles. The monoisotopic (exact) mass is 210 g/mol. The molecule has 0 fully saturated rings. The Bertz CT molecular complexity index is 170. The third-order valence-corrected chi connectivity index (χ3v) is 2.68. The van der Waals surface area contributed by atoms with Gasteiger partial charge >= 0.3 is 0 Å². The van der Waals surface area contributed by atoms with Gasteiger partial charge in [0.15, 0.2) is 0 Å². The summed E-state index contributed by atoms with van der Waals surface area (Å²) < 4.78 is 0. The fourth-order valence-electron chi connectivity index (χ4n) is 1.65. The van der Waals surface area contributed by atoms with Crippen LogP contribution >= 0.6 is 0 Å². The van der Waals surface area contributed by atoms with Crippen LogP contribution in [0.4, 0.5) is 0 Å². The number of hydrogen-bond acceptors (Lipinski definition) is 1. The number of carbonyl (C=O) groups is 1. The molecule has 0 aromatic rings. The van der Waals surface area contributed by atoms with Gasteiger partial charge in [-0.25, -0.2) is 0 Å². The van der Waals surface area contributed by atoms with Gasteiger partial charge in [0.1, 0.15) is 6.29 Å². The Morgan fingerprint density at radius 1 is 0.933 bits per heavy atom. The molecule has 0 rings (SSSR count). The standard InChI is InChI=1S/C14H26O/c1-3-5-7-8-10-12-14(13-15)11-9-6-4-2/h12-13H,3-11H2,1-2H3. The van der Waals surface area contributed by atoms with Crippen LogP contribution in [0.25, 0.3) is 0 Å². The van der Waals surface area contributed by atoms with Gasteiger partial charge in [-0.15, -0.1) is 0 Å². The van der Waals surface area contributed by atoms with Crippen LogP contribution in [0, 0.1) is 0 Å². The molecular weight excluding hydrogens is 184 g/mol. The summed E-state index contributed by atoms with van der Waals surface area (Å²) in [5.41, 5.74) is 1.01. The van der Waals surface area contributed by atoms with Crippen LogP contribution in [0.5, 0.6) is 0 Å². The zero-order valence-electron chi connectivity index (χ0n) is 10.4. The van der Waals surface area contributed by atoms with Crippen LogP contribution in [0.3, 0.4) is 0 Å². The highest BCUT2D eigenvalue weighted by molar-refractivity contribution is 5.72. The van der Waals surface area contributed by atoms with Crippen LogP contribution < -0.4 is 0 Å². The molecule has 0 aliphatic rings. The minimum absolute atomic E-state index is 0.977. The molecule has 1 nitrogen and oxygen atoms in total. The zero-order chi connectivity index (χ0) is 11.4. The average Bonchev–Trinajstić information content (AvgIpc) is 2.26. The lowest BCUT2D eigenvalue weighted by Gasteiger charge is -2.00. The molecule has 0 aliphatic heterocycles. The summed E-state index contributed by atoms with van der Waals surface area (Å²) in [6.07, 6.45) is 14.0.